The van der Waals surface area contributed by atoms with Crippen LogP contribution in [0.15, 0.2) is 0 Å². The van der Waals surface area contributed by atoms with Gasteiger partial charge in [-0.05, 0) is 40.2 Å². The molecular weight excluding hydrogens is 180 g/mol. The van der Waals surface area contributed by atoms with E-state index in [9.17, 15) is 0 Å². The summed E-state index contributed by atoms with van der Waals surface area (Å²) >= 11 is 0. The van der Waals surface area contributed by atoms with E-state index in [-0.39, 0.29) is 6.29 Å². The molecule has 1 N–H and O–H groups in total. The normalized spacial score (nSPS) is 11.6. The molecule has 0 bridgehead atoms. The van der Waals surface area contributed by atoms with Crippen molar-refractivity contribution in [2.75, 3.05) is 47.9 Å². The van der Waals surface area contributed by atoms with E-state index in [4.69, 9.17) is 9.47 Å². The fraction of sp³-hybridized carbons (Fsp3) is 1.00. The monoisotopic (exact) mass is 204 g/mol. The van der Waals surface area contributed by atoms with Crippen LogP contribution in [0.2, 0.25) is 0 Å². The minimum atomic E-state index is -0.0728. The van der Waals surface area contributed by atoms with Crippen molar-refractivity contribution in [3.63, 3.8) is 0 Å². The molecule has 14 heavy (non-hydrogen) atoms. The highest BCUT2D eigenvalue weighted by molar-refractivity contribution is 4.52. The van der Waals surface area contributed by atoms with E-state index in [1.165, 1.54) is 6.42 Å². The molecule has 86 valence electrons. The second-order valence-corrected chi connectivity index (χ2v) is 3.60. The number of hydrogen-bond acceptors (Lipinski definition) is 4. The lowest BCUT2D eigenvalue weighted by Crippen LogP contribution is -2.25. The third kappa shape index (κ3) is 8.44. The first kappa shape index (κ1) is 13.8. The van der Waals surface area contributed by atoms with Crippen molar-refractivity contribution in [2.45, 2.75) is 19.1 Å². The number of hydrogen-bond donors (Lipinski definition) is 1. The van der Waals surface area contributed by atoms with E-state index in [2.05, 4.69) is 24.3 Å². The number of methoxy groups -OCH3 is 2. The van der Waals surface area contributed by atoms with E-state index in [0.29, 0.717) is 0 Å². The van der Waals surface area contributed by atoms with Gasteiger partial charge in [-0.2, -0.15) is 0 Å². The molecular formula is C10H24N2O2. The summed E-state index contributed by atoms with van der Waals surface area (Å²) in [5.41, 5.74) is 0. The third-order valence-corrected chi connectivity index (χ3v) is 2.04. The van der Waals surface area contributed by atoms with Gasteiger partial charge < -0.3 is 19.7 Å². The number of nitrogens with zero attached hydrogens (tertiary/aromatic N) is 1. The Balaban J connectivity index is 3.12. The lowest BCUT2D eigenvalue weighted by Gasteiger charge is -2.14. The Morgan fingerprint density at radius 2 is 1.79 bits per heavy atom. The van der Waals surface area contributed by atoms with Gasteiger partial charge in [-0.15, -0.1) is 0 Å². The van der Waals surface area contributed by atoms with E-state index < -0.39 is 0 Å². The second kappa shape index (κ2) is 9.40. The number of rotatable bonds is 9. The fourth-order valence-corrected chi connectivity index (χ4v) is 1.20. The van der Waals surface area contributed by atoms with Crippen molar-refractivity contribution < 1.29 is 9.47 Å². The molecule has 0 fully saturated rings. The molecule has 0 rings (SSSR count). The standard InChI is InChI=1S/C10H24N2O2/c1-12(2)9-5-7-11-8-6-10(13-3)14-4/h10-11H,5-9H2,1-4H3. The Kier molecular flexibility index (Phi) is 9.29. The summed E-state index contributed by atoms with van der Waals surface area (Å²) < 4.78 is 10.1. The Hall–Kier alpha value is -0.160. The van der Waals surface area contributed by atoms with Gasteiger partial charge in [0.05, 0.1) is 0 Å². The minimum Gasteiger partial charge on any atom is -0.356 e. The van der Waals surface area contributed by atoms with Gasteiger partial charge in [0.1, 0.15) is 0 Å². The molecule has 0 aromatic carbocycles. The fourth-order valence-electron chi connectivity index (χ4n) is 1.20. The first-order valence-corrected chi connectivity index (χ1v) is 5.11. The molecule has 0 unspecified atom stereocenters. The molecule has 4 nitrogen and oxygen atoms in total. The van der Waals surface area contributed by atoms with Gasteiger partial charge in [-0.1, -0.05) is 0 Å². The maximum atomic E-state index is 5.07. The summed E-state index contributed by atoms with van der Waals surface area (Å²) in [6.45, 7) is 3.13. The van der Waals surface area contributed by atoms with E-state index >= 15 is 0 Å². The van der Waals surface area contributed by atoms with Crippen LogP contribution in [0.3, 0.4) is 0 Å². The zero-order valence-corrected chi connectivity index (χ0v) is 9.88. The lowest BCUT2D eigenvalue weighted by molar-refractivity contribution is -0.105. The van der Waals surface area contributed by atoms with Crippen LogP contribution >= 0.6 is 0 Å². The van der Waals surface area contributed by atoms with Gasteiger partial charge in [0.25, 0.3) is 0 Å². The summed E-state index contributed by atoms with van der Waals surface area (Å²) in [5, 5.41) is 3.35. The van der Waals surface area contributed by atoms with Crippen LogP contribution in [-0.4, -0.2) is 59.1 Å². The van der Waals surface area contributed by atoms with Crippen LogP contribution < -0.4 is 5.32 Å². The summed E-state index contributed by atoms with van der Waals surface area (Å²) in [5.74, 6) is 0. The van der Waals surface area contributed by atoms with Crippen LogP contribution in [0.5, 0.6) is 0 Å². The van der Waals surface area contributed by atoms with Gasteiger partial charge in [-0.25, -0.2) is 0 Å². The molecule has 4 heteroatoms. The average Bonchev–Trinajstić information content (AvgIpc) is 2.16. The topological polar surface area (TPSA) is 33.7 Å². The van der Waals surface area contributed by atoms with Crippen molar-refractivity contribution in [1.29, 1.82) is 0 Å². The summed E-state index contributed by atoms with van der Waals surface area (Å²) in [4.78, 5) is 2.19. The predicted molar refractivity (Wildman–Crippen MR) is 58.5 cm³/mol. The summed E-state index contributed by atoms with van der Waals surface area (Å²) in [6.07, 6.45) is 2.00. The highest BCUT2D eigenvalue weighted by atomic mass is 16.7. The Morgan fingerprint density at radius 1 is 1.14 bits per heavy atom. The molecule has 0 aromatic heterocycles. The highest BCUT2D eigenvalue weighted by Crippen LogP contribution is 1.95. The Labute approximate surface area is 87.6 Å². The predicted octanol–water partition coefficient (Wildman–Crippen LogP) is 0.537. The van der Waals surface area contributed by atoms with Gasteiger partial charge in [0.2, 0.25) is 0 Å². The smallest absolute Gasteiger partial charge is 0.158 e. The quantitative estimate of drug-likeness (QED) is 0.439. The van der Waals surface area contributed by atoms with E-state index in [1.807, 2.05) is 0 Å². The van der Waals surface area contributed by atoms with Gasteiger partial charge in [0.15, 0.2) is 6.29 Å². The Bertz CT molecular complexity index is 117. The number of ether oxygens (including phenoxy) is 2. The molecule has 0 heterocycles. The van der Waals surface area contributed by atoms with Crippen LogP contribution in [0.25, 0.3) is 0 Å². The molecule has 0 radical (unpaired) electrons. The second-order valence-electron chi connectivity index (χ2n) is 3.60. The first-order valence-electron chi connectivity index (χ1n) is 5.11. The maximum absolute atomic E-state index is 5.07. The third-order valence-electron chi connectivity index (χ3n) is 2.04. The van der Waals surface area contributed by atoms with E-state index in [0.717, 1.165) is 26.1 Å². The molecule has 0 aliphatic carbocycles. The zero-order chi connectivity index (χ0) is 10.8. The van der Waals surface area contributed by atoms with Crippen molar-refractivity contribution in [3.05, 3.63) is 0 Å². The highest BCUT2D eigenvalue weighted by Gasteiger charge is 2.02. The summed E-state index contributed by atoms with van der Waals surface area (Å²) in [7, 11) is 7.51. The van der Waals surface area contributed by atoms with Crippen molar-refractivity contribution in [2.24, 2.45) is 0 Å². The molecule has 0 saturated heterocycles. The molecule has 0 aliphatic heterocycles. The molecule has 0 aliphatic rings. The lowest BCUT2D eigenvalue weighted by atomic mass is 10.3. The molecule has 0 amide bonds. The molecule has 0 saturated carbocycles. The van der Waals surface area contributed by atoms with Crippen molar-refractivity contribution in [1.82, 2.24) is 10.2 Å². The van der Waals surface area contributed by atoms with Crippen LogP contribution in [0.1, 0.15) is 12.8 Å². The number of nitrogens with one attached hydrogen (secondary N) is 1. The van der Waals surface area contributed by atoms with Gasteiger partial charge in [-0.3, -0.25) is 0 Å². The SMILES string of the molecule is COC(CCNCCCN(C)C)OC. The molecule has 0 atom stereocenters. The largest absolute Gasteiger partial charge is 0.356 e. The average molecular weight is 204 g/mol. The molecule has 0 aromatic rings. The minimum absolute atomic E-state index is 0.0728. The maximum Gasteiger partial charge on any atom is 0.158 e. The van der Waals surface area contributed by atoms with Crippen LogP contribution in [0.4, 0.5) is 0 Å². The first-order chi connectivity index (χ1) is 6.70. The van der Waals surface area contributed by atoms with Crippen LogP contribution in [0, 0.1) is 0 Å². The summed E-state index contributed by atoms with van der Waals surface area (Å²) in [6, 6.07) is 0. The van der Waals surface area contributed by atoms with Crippen molar-refractivity contribution in [3.8, 4) is 0 Å². The molecule has 0 spiro atoms. The van der Waals surface area contributed by atoms with Crippen LogP contribution in [-0.2, 0) is 9.47 Å². The van der Waals surface area contributed by atoms with Gasteiger partial charge >= 0.3 is 0 Å². The van der Waals surface area contributed by atoms with Gasteiger partial charge in [0, 0.05) is 20.6 Å². The zero-order valence-electron chi connectivity index (χ0n) is 9.88. The van der Waals surface area contributed by atoms with Crippen molar-refractivity contribution >= 4 is 0 Å². The van der Waals surface area contributed by atoms with E-state index in [1.54, 1.807) is 14.2 Å². The Morgan fingerprint density at radius 3 is 2.29 bits per heavy atom.